The second-order valence-corrected chi connectivity index (χ2v) is 9.76. The molecule has 6 nitrogen and oxygen atoms in total. The van der Waals surface area contributed by atoms with Crippen molar-refractivity contribution in [2.24, 2.45) is 0 Å². The Labute approximate surface area is 179 Å². The Morgan fingerprint density at radius 1 is 1.03 bits per heavy atom. The van der Waals surface area contributed by atoms with Crippen LogP contribution in [0.3, 0.4) is 0 Å². The number of rotatable bonds is 8. The van der Waals surface area contributed by atoms with E-state index in [4.69, 9.17) is 0 Å². The molecule has 1 aliphatic heterocycles. The lowest BCUT2D eigenvalue weighted by Gasteiger charge is -2.32. The fraction of sp³-hybridized carbons (Fsp3) is 0.435. The van der Waals surface area contributed by atoms with Crippen molar-refractivity contribution in [1.82, 2.24) is 14.9 Å². The SMILES string of the molecule is Cc1ccc(S(=O)(=O)NCCC(=O)NC2CCN(Cc3ccccc3)CC2)cc1C. The van der Waals surface area contributed by atoms with Crippen LogP contribution in [0.15, 0.2) is 53.4 Å². The molecule has 1 heterocycles. The molecule has 2 aromatic rings. The Bertz CT molecular complexity index is 953. The largest absolute Gasteiger partial charge is 0.353 e. The molecule has 162 valence electrons. The van der Waals surface area contributed by atoms with Gasteiger partial charge in [-0.2, -0.15) is 0 Å². The number of likely N-dealkylation sites (tertiary alicyclic amines) is 1. The maximum Gasteiger partial charge on any atom is 0.240 e. The minimum Gasteiger partial charge on any atom is -0.353 e. The van der Waals surface area contributed by atoms with Crippen molar-refractivity contribution in [3.05, 3.63) is 65.2 Å². The maximum atomic E-state index is 12.4. The summed E-state index contributed by atoms with van der Waals surface area (Å²) in [7, 11) is -3.60. The van der Waals surface area contributed by atoms with E-state index in [0.717, 1.165) is 43.6 Å². The zero-order valence-electron chi connectivity index (χ0n) is 17.7. The van der Waals surface area contributed by atoms with Crippen molar-refractivity contribution in [2.75, 3.05) is 19.6 Å². The van der Waals surface area contributed by atoms with E-state index in [1.165, 1.54) is 5.56 Å². The molecule has 0 aromatic heterocycles. The molecule has 30 heavy (non-hydrogen) atoms. The Hall–Kier alpha value is -2.22. The molecule has 0 aliphatic carbocycles. The molecule has 1 aliphatic rings. The third kappa shape index (κ3) is 6.39. The Morgan fingerprint density at radius 3 is 2.40 bits per heavy atom. The molecule has 0 spiro atoms. The highest BCUT2D eigenvalue weighted by Crippen LogP contribution is 2.15. The molecule has 3 rings (SSSR count). The first-order valence-corrected chi connectivity index (χ1v) is 11.9. The Kier molecular flexibility index (Phi) is 7.64. The first-order valence-electron chi connectivity index (χ1n) is 10.5. The summed E-state index contributed by atoms with van der Waals surface area (Å²) in [4.78, 5) is 14.9. The first-order chi connectivity index (χ1) is 14.3. The molecule has 0 bridgehead atoms. The highest BCUT2D eigenvalue weighted by atomic mass is 32.2. The molecular formula is C23H31N3O3S. The lowest BCUT2D eigenvalue weighted by atomic mass is 10.0. The molecule has 0 radical (unpaired) electrons. The van der Waals surface area contributed by atoms with Gasteiger partial charge in [-0.15, -0.1) is 0 Å². The number of carbonyl (C=O) groups excluding carboxylic acids is 1. The van der Waals surface area contributed by atoms with E-state index >= 15 is 0 Å². The molecule has 1 fully saturated rings. The van der Waals surface area contributed by atoms with E-state index in [-0.39, 0.29) is 29.8 Å². The van der Waals surface area contributed by atoms with E-state index in [1.807, 2.05) is 19.9 Å². The quantitative estimate of drug-likeness (QED) is 0.676. The summed E-state index contributed by atoms with van der Waals surface area (Å²) in [6.07, 6.45) is 1.95. The topological polar surface area (TPSA) is 78.5 Å². The lowest BCUT2D eigenvalue weighted by molar-refractivity contribution is -0.121. The summed E-state index contributed by atoms with van der Waals surface area (Å²) in [6, 6.07) is 15.6. The number of hydrogen-bond acceptors (Lipinski definition) is 4. The van der Waals surface area contributed by atoms with Gasteiger partial charge in [-0.05, 0) is 55.5 Å². The predicted octanol–water partition coefficient (Wildman–Crippen LogP) is 2.75. The number of sulfonamides is 1. The molecule has 1 saturated heterocycles. The van der Waals surface area contributed by atoms with Gasteiger partial charge in [0.25, 0.3) is 0 Å². The van der Waals surface area contributed by atoms with Crippen molar-refractivity contribution in [3.63, 3.8) is 0 Å². The van der Waals surface area contributed by atoms with Gasteiger partial charge >= 0.3 is 0 Å². The average Bonchev–Trinajstić information content (AvgIpc) is 2.72. The van der Waals surface area contributed by atoms with Gasteiger partial charge in [0.2, 0.25) is 15.9 Å². The van der Waals surface area contributed by atoms with Gasteiger partial charge in [0.05, 0.1) is 4.90 Å². The second-order valence-electron chi connectivity index (χ2n) is 8.00. The Morgan fingerprint density at radius 2 is 1.73 bits per heavy atom. The molecule has 0 atom stereocenters. The highest BCUT2D eigenvalue weighted by Gasteiger charge is 2.21. The van der Waals surface area contributed by atoms with Gasteiger partial charge in [0.1, 0.15) is 0 Å². The van der Waals surface area contributed by atoms with Crippen LogP contribution in [0.5, 0.6) is 0 Å². The predicted molar refractivity (Wildman–Crippen MR) is 119 cm³/mol. The van der Waals surface area contributed by atoms with Crippen LogP contribution in [-0.2, 0) is 21.4 Å². The average molecular weight is 430 g/mol. The number of hydrogen-bond donors (Lipinski definition) is 2. The van der Waals surface area contributed by atoms with Crippen LogP contribution in [0.25, 0.3) is 0 Å². The normalized spacial score (nSPS) is 15.8. The Balaban J connectivity index is 1.38. The smallest absolute Gasteiger partial charge is 0.240 e. The molecule has 0 saturated carbocycles. The highest BCUT2D eigenvalue weighted by molar-refractivity contribution is 7.89. The third-order valence-corrected chi connectivity index (χ3v) is 7.09. The van der Waals surface area contributed by atoms with E-state index in [9.17, 15) is 13.2 Å². The fourth-order valence-corrected chi connectivity index (χ4v) is 4.76. The fourth-order valence-electron chi connectivity index (χ4n) is 3.64. The van der Waals surface area contributed by atoms with E-state index in [1.54, 1.807) is 18.2 Å². The monoisotopic (exact) mass is 429 g/mol. The summed E-state index contributed by atoms with van der Waals surface area (Å²) in [6.45, 7) is 6.73. The van der Waals surface area contributed by atoms with Gasteiger partial charge in [-0.25, -0.2) is 13.1 Å². The van der Waals surface area contributed by atoms with Gasteiger partial charge in [-0.3, -0.25) is 9.69 Å². The summed E-state index contributed by atoms with van der Waals surface area (Å²) < 4.78 is 27.3. The number of nitrogens with one attached hydrogen (secondary N) is 2. The third-order valence-electron chi connectivity index (χ3n) is 5.63. The minimum atomic E-state index is -3.60. The summed E-state index contributed by atoms with van der Waals surface area (Å²) >= 11 is 0. The molecule has 0 unspecified atom stereocenters. The van der Waals surface area contributed by atoms with Gasteiger partial charge in [-0.1, -0.05) is 36.4 Å². The minimum absolute atomic E-state index is 0.0912. The standard InChI is InChI=1S/C23H31N3O3S/c1-18-8-9-22(16-19(18)2)30(28,29)24-13-10-23(27)25-21-11-14-26(15-12-21)17-20-6-4-3-5-7-20/h3-9,16,21,24H,10-15,17H2,1-2H3,(H,25,27). The summed E-state index contributed by atoms with van der Waals surface area (Å²) in [5, 5.41) is 3.05. The number of carbonyl (C=O) groups is 1. The maximum absolute atomic E-state index is 12.4. The van der Waals surface area contributed by atoms with Crippen LogP contribution in [0.1, 0.15) is 36.0 Å². The molecule has 2 aromatic carbocycles. The van der Waals surface area contributed by atoms with Crippen LogP contribution >= 0.6 is 0 Å². The van der Waals surface area contributed by atoms with Gasteiger partial charge in [0, 0.05) is 38.6 Å². The second kappa shape index (κ2) is 10.2. The van der Waals surface area contributed by atoms with Crippen LogP contribution in [-0.4, -0.2) is 44.9 Å². The van der Waals surface area contributed by atoms with Crippen molar-refractivity contribution in [2.45, 2.75) is 50.6 Å². The zero-order chi connectivity index (χ0) is 21.6. The molecular weight excluding hydrogens is 398 g/mol. The van der Waals surface area contributed by atoms with Crippen LogP contribution in [0, 0.1) is 13.8 Å². The lowest BCUT2D eigenvalue weighted by Crippen LogP contribution is -2.45. The summed E-state index contributed by atoms with van der Waals surface area (Å²) in [5.74, 6) is -0.112. The zero-order valence-corrected chi connectivity index (χ0v) is 18.5. The molecule has 1 amide bonds. The number of amides is 1. The van der Waals surface area contributed by atoms with Crippen molar-refractivity contribution >= 4 is 15.9 Å². The van der Waals surface area contributed by atoms with Gasteiger partial charge in [0.15, 0.2) is 0 Å². The van der Waals surface area contributed by atoms with E-state index in [0.29, 0.717) is 0 Å². The van der Waals surface area contributed by atoms with Crippen molar-refractivity contribution in [1.29, 1.82) is 0 Å². The number of aryl methyl sites for hydroxylation is 2. The van der Waals surface area contributed by atoms with Crippen LogP contribution in [0.2, 0.25) is 0 Å². The number of benzene rings is 2. The molecule has 2 N–H and O–H groups in total. The van der Waals surface area contributed by atoms with Crippen LogP contribution < -0.4 is 10.0 Å². The van der Waals surface area contributed by atoms with E-state index < -0.39 is 10.0 Å². The van der Waals surface area contributed by atoms with Gasteiger partial charge < -0.3 is 5.32 Å². The van der Waals surface area contributed by atoms with Crippen molar-refractivity contribution in [3.8, 4) is 0 Å². The number of nitrogens with zero attached hydrogens (tertiary/aromatic N) is 1. The number of piperidine rings is 1. The summed E-state index contributed by atoms with van der Waals surface area (Å²) in [5.41, 5.74) is 3.27. The first kappa shape index (κ1) is 22.5. The van der Waals surface area contributed by atoms with E-state index in [2.05, 4.69) is 39.2 Å². The molecule has 7 heteroatoms. The van der Waals surface area contributed by atoms with Crippen LogP contribution in [0.4, 0.5) is 0 Å². The van der Waals surface area contributed by atoms with Crippen molar-refractivity contribution < 1.29 is 13.2 Å².